The molecule has 3 heterocycles. The van der Waals surface area contributed by atoms with E-state index in [1.807, 2.05) is 52.0 Å². The maximum atomic E-state index is 12.5. The van der Waals surface area contributed by atoms with Gasteiger partial charge in [0.05, 0.1) is 16.3 Å². The van der Waals surface area contributed by atoms with Crippen LogP contribution in [0.2, 0.25) is 0 Å². The first-order chi connectivity index (χ1) is 13.0. The number of H-pyrrole nitrogens is 1. The van der Waals surface area contributed by atoms with Crippen molar-refractivity contribution in [3.8, 4) is 5.69 Å². The molecule has 27 heavy (non-hydrogen) atoms. The third kappa shape index (κ3) is 3.17. The average Bonchev–Trinajstić information content (AvgIpc) is 3.20. The van der Waals surface area contributed by atoms with Crippen LogP contribution in [-0.4, -0.2) is 30.2 Å². The van der Waals surface area contributed by atoms with E-state index in [9.17, 15) is 4.79 Å². The molecule has 1 aromatic carbocycles. The van der Waals surface area contributed by atoms with E-state index in [0.29, 0.717) is 16.4 Å². The molecular formula is C18H18N6OS2. The Bertz CT molecular complexity index is 1190. The van der Waals surface area contributed by atoms with Gasteiger partial charge in [-0.3, -0.25) is 4.79 Å². The molecule has 0 saturated heterocycles. The molecule has 0 spiro atoms. The number of nitrogens with zero attached hydrogens (tertiary/aromatic N) is 5. The van der Waals surface area contributed by atoms with Gasteiger partial charge in [0.25, 0.3) is 5.56 Å². The lowest BCUT2D eigenvalue weighted by Crippen LogP contribution is -2.13. The Morgan fingerprint density at radius 1 is 1.22 bits per heavy atom. The number of aryl methyl sites for hydroxylation is 3. The summed E-state index contributed by atoms with van der Waals surface area (Å²) in [5.74, 6) is 0.623. The summed E-state index contributed by atoms with van der Waals surface area (Å²) in [4.78, 5) is 22.0. The van der Waals surface area contributed by atoms with Crippen molar-refractivity contribution in [2.45, 2.75) is 38.1 Å². The van der Waals surface area contributed by atoms with Crippen LogP contribution in [0.25, 0.3) is 15.9 Å². The van der Waals surface area contributed by atoms with Crippen molar-refractivity contribution in [2.75, 3.05) is 0 Å². The number of nitrogens with one attached hydrogen (secondary N) is 1. The van der Waals surface area contributed by atoms with Crippen LogP contribution in [0, 0.1) is 20.8 Å². The number of benzene rings is 1. The third-order valence-electron chi connectivity index (χ3n) is 4.51. The summed E-state index contributed by atoms with van der Waals surface area (Å²) < 4.78 is 1.71. The molecule has 1 unspecified atom stereocenters. The van der Waals surface area contributed by atoms with Gasteiger partial charge < -0.3 is 4.98 Å². The average molecular weight is 399 g/mol. The second-order valence-electron chi connectivity index (χ2n) is 6.33. The summed E-state index contributed by atoms with van der Waals surface area (Å²) in [7, 11) is 0. The van der Waals surface area contributed by atoms with E-state index in [0.717, 1.165) is 26.5 Å². The second kappa shape index (κ2) is 6.90. The highest BCUT2D eigenvalue weighted by Gasteiger charge is 2.19. The summed E-state index contributed by atoms with van der Waals surface area (Å²) in [5, 5.41) is 13.3. The Morgan fingerprint density at radius 2 is 2.00 bits per heavy atom. The molecule has 0 fully saturated rings. The zero-order valence-electron chi connectivity index (χ0n) is 15.3. The first kappa shape index (κ1) is 17.9. The molecule has 4 aromatic rings. The van der Waals surface area contributed by atoms with E-state index in [1.165, 1.54) is 11.8 Å². The van der Waals surface area contributed by atoms with Crippen LogP contribution >= 0.6 is 23.1 Å². The first-order valence-corrected chi connectivity index (χ1v) is 10.2. The third-order valence-corrected chi connectivity index (χ3v) is 6.65. The monoisotopic (exact) mass is 398 g/mol. The molecule has 0 aliphatic heterocycles. The summed E-state index contributed by atoms with van der Waals surface area (Å²) >= 11 is 3.01. The van der Waals surface area contributed by atoms with Crippen molar-refractivity contribution in [1.29, 1.82) is 0 Å². The predicted octanol–water partition coefficient (Wildman–Crippen LogP) is 3.74. The smallest absolute Gasteiger partial charge is 0.259 e. The van der Waals surface area contributed by atoms with Gasteiger partial charge in [-0.15, -0.1) is 16.4 Å². The van der Waals surface area contributed by atoms with Gasteiger partial charge in [-0.2, -0.15) is 4.68 Å². The summed E-state index contributed by atoms with van der Waals surface area (Å²) in [6, 6.07) is 7.93. The second-order valence-corrected chi connectivity index (χ2v) is 8.85. The Hall–Kier alpha value is -2.52. The number of tetrazole rings is 1. The van der Waals surface area contributed by atoms with Gasteiger partial charge in [-0.1, -0.05) is 30.0 Å². The Kier molecular flexibility index (Phi) is 4.56. The minimum atomic E-state index is -0.112. The number of aromatic amines is 1. The van der Waals surface area contributed by atoms with Crippen LogP contribution in [0.3, 0.4) is 0 Å². The van der Waals surface area contributed by atoms with Crippen molar-refractivity contribution in [2.24, 2.45) is 0 Å². The number of fused-ring (bicyclic) bond motifs is 1. The van der Waals surface area contributed by atoms with Gasteiger partial charge in [-0.25, -0.2) is 4.98 Å². The lowest BCUT2D eigenvalue weighted by molar-refractivity contribution is 0.749. The quantitative estimate of drug-likeness (QED) is 0.527. The minimum Gasteiger partial charge on any atom is -0.309 e. The van der Waals surface area contributed by atoms with Crippen LogP contribution in [0.4, 0.5) is 0 Å². The number of aromatic nitrogens is 6. The number of thioether (sulfide) groups is 1. The molecule has 1 atom stereocenters. The van der Waals surface area contributed by atoms with Crippen molar-refractivity contribution < 1.29 is 0 Å². The molecule has 0 radical (unpaired) electrons. The Balaban J connectivity index is 1.69. The molecule has 0 aliphatic carbocycles. The van der Waals surface area contributed by atoms with Gasteiger partial charge in [0.2, 0.25) is 5.16 Å². The number of hydrogen-bond donors (Lipinski definition) is 1. The lowest BCUT2D eigenvalue weighted by Gasteiger charge is -2.11. The van der Waals surface area contributed by atoms with Gasteiger partial charge >= 0.3 is 0 Å². The standard InChI is InChI=1S/C18H18N6OS2/c1-9-7-5-6-8-13(9)24-18(21-22-23-24)27-12(4)15-19-16(25)14-10(2)11(3)26-17(14)20-15/h5-8,12H,1-4H3,(H,19,20,25). The molecule has 3 aromatic heterocycles. The molecule has 0 aliphatic rings. The van der Waals surface area contributed by atoms with Crippen LogP contribution in [0.1, 0.15) is 34.0 Å². The highest BCUT2D eigenvalue weighted by molar-refractivity contribution is 7.99. The van der Waals surface area contributed by atoms with E-state index in [2.05, 4.69) is 25.5 Å². The van der Waals surface area contributed by atoms with E-state index >= 15 is 0 Å². The van der Waals surface area contributed by atoms with Crippen molar-refractivity contribution in [3.05, 3.63) is 56.4 Å². The number of thiophene rings is 1. The van der Waals surface area contributed by atoms with Gasteiger partial charge in [0.15, 0.2) is 0 Å². The molecule has 9 heteroatoms. The largest absolute Gasteiger partial charge is 0.309 e. The van der Waals surface area contributed by atoms with Crippen molar-refractivity contribution in [3.63, 3.8) is 0 Å². The first-order valence-electron chi connectivity index (χ1n) is 8.46. The molecule has 1 N–H and O–H groups in total. The number of para-hydroxylation sites is 1. The fraction of sp³-hybridized carbons (Fsp3) is 0.278. The fourth-order valence-corrected chi connectivity index (χ4v) is 4.78. The molecule has 7 nitrogen and oxygen atoms in total. The Morgan fingerprint density at radius 3 is 2.78 bits per heavy atom. The zero-order chi connectivity index (χ0) is 19.1. The van der Waals surface area contributed by atoms with E-state index in [4.69, 9.17) is 0 Å². The van der Waals surface area contributed by atoms with Crippen LogP contribution in [-0.2, 0) is 0 Å². The maximum absolute atomic E-state index is 12.5. The maximum Gasteiger partial charge on any atom is 0.259 e. The molecular weight excluding hydrogens is 380 g/mol. The van der Waals surface area contributed by atoms with Gasteiger partial charge in [0, 0.05) is 4.88 Å². The Labute approximate surface area is 163 Å². The number of rotatable bonds is 4. The topological polar surface area (TPSA) is 89.3 Å². The van der Waals surface area contributed by atoms with E-state index in [1.54, 1.807) is 16.0 Å². The fourth-order valence-electron chi connectivity index (χ4n) is 2.88. The summed E-state index contributed by atoms with van der Waals surface area (Å²) in [6.45, 7) is 7.97. The molecule has 0 saturated carbocycles. The molecule has 0 amide bonds. The van der Waals surface area contributed by atoms with Gasteiger partial charge in [-0.05, 0) is 55.3 Å². The SMILES string of the molecule is Cc1ccccc1-n1nnnc1SC(C)c1nc2sc(C)c(C)c2c(=O)[nH]1. The predicted molar refractivity (Wildman–Crippen MR) is 108 cm³/mol. The van der Waals surface area contributed by atoms with Gasteiger partial charge in [0.1, 0.15) is 10.7 Å². The van der Waals surface area contributed by atoms with Crippen LogP contribution < -0.4 is 5.56 Å². The zero-order valence-corrected chi connectivity index (χ0v) is 17.0. The molecule has 0 bridgehead atoms. The van der Waals surface area contributed by atoms with Crippen LogP contribution in [0.5, 0.6) is 0 Å². The lowest BCUT2D eigenvalue weighted by atomic mass is 10.2. The van der Waals surface area contributed by atoms with Crippen molar-refractivity contribution >= 4 is 33.3 Å². The highest BCUT2D eigenvalue weighted by Crippen LogP contribution is 2.34. The van der Waals surface area contributed by atoms with Crippen molar-refractivity contribution in [1.82, 2.24) is 30.2 Å². The van der Waals surface area contributed by atoms with E-state index in [-0.39, 0.29) is 10.8 Å². The van der Waals surface area contributed by atoms with E-state index < -0.39 is 0 Å². The molecule has 138 valence electrons. The highest BCUT2D eigenvalue weighted by atomic mass is 32.2. The van der Waals surface area contributed by atoms with Crippen LogP contribution in [0.15, 0.2) is 34.2 Å². The minimum absolute atomic E-state index is 0.0946. The normalized spacial score (nSPS) is 12.6. The summed E-state index contributed by atoms with van der Waals surface area (Å²) in [6.07, 6.45) is 0. The number of hydrogen-bond acceptors (Lipinski definition) is 7. The molecule has 4 rings (SSSR count). The summed E-state index contributed by atoms with van der Waals surface area (Å²) in [5.41, 5.74) is 2.91.